The third kappa shape index (κ3) is 6.32. The first-order chi connectivity index (χ1) is 24.1. The Labute approximate surface area is 319 Å². The van der Waals surface area contributed by atoms with Crippen LogP contribution < -0.4 is 0 Å². The quantitative estimate of drug-likeness (QED) is 0.0767. The molecule has 52 heavy (non-hydrogen) atoms. The maximum absolute atomic E-state index is 14.7. The molecule has 1 radical (unpaired) electrons. The average Bonchev–Trinajstić information content (AvgIpc) is 3.34. The predicted molar refractivity (Wildman–Crippen MR) is 202 cm³/mol. The largest absolute Gasteiger partial charge is 0.512 e. The number of hydrogen-bond acceptors (Lipinski definition) is 3. The van der Waals surface area contributed by atoms with Crippen molar-refractivity contribution in [2.24, 2.45) is 11.8 Å². The molecule has 0 amide bonds. The Kier molecular flexibility index (Phi) is 11.0. The van der Waals surface area contributed by atoms with Crippen LogP contribution >= 0.6 is 0 Å². The van der Waals surface area contributed by atoms with E-state index in [9.17, 15) is 23.1 Å². The molecule has 0 atom stereocenters. The smallest absolute Gasteiger partial charge is 0.417 e. The zero-order valence-corrected chi connectivity index (χ0v) is 33.6. The minimum atomic E-state index is -4.48. The second kappa shape index (κ2) is 14.6. The van der Waals surface area contributed by atoms with Crippen LogP contribution in [0.15, 0.2) is 78.7 Å². The topological polar surface area (TPSA) is 50.2 Å². The molecule has 4 aromatic carbocycles. The zero-order valence-electron chi connectivity index (χ0n) is 31.2. The number of nitrogens with zero attached hydrogens (tertiary/aromatic N) is 1. The van der Waals surface area contributed by atoms with Gasteiger partial charge in [0.05, 0.1) is 11.3 Å². The van der Waals surface area contributed by atoms with E-state index in [0.717, 1.165) is 75.4 Å². The van der Waals surface area contributed by atoms with Crippen molar-refractivity contribution in [3.8, 4) is 22.4 Å². The molecule has 5 aromatic rings. The summed E-state index contributed by atoms with van der Waals surface area (Å²) in [6.45, 7) is 16.5. The maximum Gasteiger partial charge on any atom is 0.417 e. The van der Waals surface area contributed by atoms with Gasteiger partial charge in [0.15, 0.2) is 5.78 Å². The number of pyridine rings is 1. The molecule has 275 valence electrons. The van der Waals surface area contributed by atoms with Gasteiger partial charge in [-0.2, -0.15) is 13.2 Å². The van der Waals surface area contributed by atoms with Gasteiger partial charge in [-0.05, 0) is 98.3 Å². The Morgan fingerprint density at radius 1 is 0.827 bits per heavy atom. The number of aromatic nitrogens is 1. The number of fused-ring (bicyclic) bond motifs is 8. The fourth-order valence-corrected chi connectivity index (χ4v) is 8.54. The predicted octanol–water partition coefficient (Wildman–Crippen LogP) is 12.7. The van der Waals surface area contributed by atoms with Crippen LogP contribution in [-0.2, 0) is 41.9 Å². The van der Waals surface area contributed by atoms with Crippen molar-refractivity contribution in [3.05, 3.63) is 113 Å². The van der Waals surface area contributed by atoms with E-state index in [1.165, 1.54) is 12.1 Å². The van der Waals surface area contributed by atoms with Gasteiger partial charge in [-0.1, -0.05) is 85.7 Å². The zero-order chi connectivity index (χ0) is 37.0. The molecule has 0 bridgehead atoms. The first-order valence-corrected chi connectivity index (χ1v) is 18.2. The van der Waals surface area contributed by atoms with Crippen molar-refractivity contribution >= 4 is 27.3 Å². The van der Waals surface area contributed by atoms with Gasteiger partial charge in [-0.25, -0.2) is 0 Å². The number of allylic oxidation sites excluding steroid dienone is 2. The van der Waals surface area contributed by atoms with E-state index >= 15 is 0 Å². The van der Waals surface area contributed by atoms with Crippen molar-refractivity contribution in [2.45, 2.75) is 98.1 Å². The first kappa shape index (κ1) is 39.4. The summed E-state index contributed by atoms with van der Waals surface area (Å²) in [4.78, 5) is 16.4. The molecule has 0 aliphatic heterocycles. The summed E-state index contributed by atoms with van der Waals surface area (Å²) in [7, 11) is 0. The van der Waals surface area contributed by atoms with Crippen molar-refractivity contribution in [1.29, 1.82) is 0 Å². The van der Waals surface area contributed by atoms with Gasteiger partial charge in [0.2, 0.25) is 0 Å². The molecule has 2 aliphatic carbocycles. The Hall–Kier alpha value is -3.80. The van der Waals surface area contributed by atoms with E-state index in [-0.39, 0.29) is 48.9 Å². The summed E-state index contributed by atoms with van der Waals surface area (Å²) in [5.41, 5.74) is 5.10. The maximum atomic E-state index is 14.7. The molecule has 0 fully saturated rings. The molecule has 7 heteroatoms. The van der Waals surface area contributed by atoms with E-state index in [2.05, 4.69) is 32.0 Å². The molecule has 7 rings (SSSR count). The number of aliphatic hydroxyl groups excluding tert-OH is 1. The van der Waals surface area contributed by atoms with Crippen LogP contribution in [0.4, 0.5) is 13.2 Å². The Morgan fingerprint density at radius 3 is 2.10 bits per heavy atom. The van der Waals surface area contributed by atoms with E-state index < -0.39 is 17.2 Å². The normalized spacial score (nSPS) is 15.1. The van der Waals surface area contributed by atoms with Crippen LogP contribution in [0.5, 0.6) is 0 Å². The molecule has 0 spiro atoms. The van der Waals surface area contributed by atoms with E-state index in [0.29, 0.717) is 16.5 Å². The van der Waals surface area contributed by atoms with Crippen LogP contribution in [0.2, 0.25) is 0 Å². The molecular weight excluding hydrogens is 836 g/mol. The molecule has 0 saturated heterocycles. The van der Waals surface area contributed by atoms with Crippen LogP contribution in [0, 0.1) is 17.9 Å². The number of hydrogen-bond donors (Lipinski definition) is 1. The first-order valence-electron chi connectivity index (χ1n) is 18.2. The summed E-state index contributed by atoms with van der Waals surface area (Å²) in [5, 5.41) is 13.0. The van der Waals surface area contributed by atoms with Crippen LogP contribution in [0.1, 0.15) is 109 Å². The summed E-state index contributed by atoms with van der Waals surface area (Å²) in [6, 6.07) is 22.2. The number of aliphatic hydroxyl groups is 1. The summed E-state index contributed by atoms with van der Waals surface area (Å²) < 4.78 is 44.0. The monoisotopic (exact) mass is 883 g/mol. The van der Waals surface area contributed by atoms with E-state index in [1.807, 2.05) is 84.0 Å². The van der Waals surface area contributed by atoms with Crippen molar-refractivity contribution < 1.29 is 43.2 Å². The van der Waals surface area contributed by atoms with Gasteiger partial charge in [0.25, 0.3) is 0 Å². The second-order valence-electron chi connectivity index (χ2n) is 15.0. The Morgan fingerprint density at radius 2 is 1.46 bits per heavy atom. The van der Waals surface area contributed by atoms with Crippen LogP contribution in [-0.4, -0.2) is 15.9 Å². The Bertz CT molecular complexity index is 2190. The van der Waals surface area contributed by atoms with E-state index in [4.69, 9.17) is 4.98 Å². The number of carbonyl (C=O) groups is 1. The number of carbonyl (C=O) groups excluding carboxylic acids is 1. The number of alkyl halides is 3. The number of rotatable bonds is 7. The van der Waals surface area contributed by atoms with Gasteiger partial charge in [0, 0.05) is 49.6 Å². The van der Waals surface area contributed by atoms with Crippen molar-refractivity contribution in [1.82, 2.24) is 4.98 Å². The standard InChI is InChI=1S/C32H23F3N.C13H24O2.Ir/c1-30(2)23-12-8-6-10-19(23)29-27-17(13-14-36-29)20-15-25(32(33,34)35)26-18-9-5-7-11-22(18)31(3,4)28(26)21(20)16-24(27)30;1-5-10(6-2)12(14)9-13(15)11(7-3)8-4;/h5-9,11-16H,1-4H3;9-11,14H,5-8H2,1-4H3;/q-1;;/b;12-9-;. The summed E-state index contributed by atoms with van der Waals surface area (Å²) in [6.07, 6.45) is 2.14. The van der Waals surface area contributed by atoms with Crippen LogP contribution in [0.25, 0.3) is 43.9 Å². The van der Waals surface area contributed by atoms with Gasteiger partial charge in [0.1, 0.15) is 0 Å². The van der Waals surface area contributed by atoms with Crippen molar-refractivity contribution in [2.75, 3.05) is 0 Å². The molecular formula is C45H47F3IrNO2-. The molecule has 0 unspecified atom stereocenters. The third-order valence-corrected chi connectivity index (χ3v) is 11.5. The number of benzene rings is 4. The molecule has 1 heterocycles. The fraction of sp³-hybridized carbons (Fsp3) is 0.378. The van der Waals surface area contributed by atoms with Crippen molar-refractivity contribution in [3.63, 3.8) is 0 Å². The number of halogens is 3. The summed E-state index contributed by atoms with van der Waals surface area (Å²) in [5.74, 6) is 0.547. The Balaban J connectivity index is 0.000000280. The number of ketones is 1. The second-order valence-corrected chi connectivity index (χ2v) is 15.0. The van der Waals surface area contributed by atoms with Gasteiger partial charge < -0.3 is 10.1 Å². The SMILES string of the molecule is CC1(C)c2ccccc2-c2c(C(F)(F)F)cc3c(cc4c5c(nccc53)-c3[c-]cccc3C4(C)C)c21.CCC(CC)C(=O)/C=C(\O)C(CC)CC.[Ir]. The molecule has 2 aliphatic rings. The van der Waals surface area contributed by atoms with Gasteiger partial charge in [-0.15, -0.1) is 35.4 Å². The molecule has 3 nitrogen and oxygen atoms in total. The molecule has 1 N–H and O–H groups in total. The van der Waals surface area contributed by atoms with Gasteiger partial charge in [-0.3, -0.25) is 4.79 Å². The van der Waals surface area contributed by atoms with Crippen LogP contribution in [0.3, 0.4) is 0 Å². The molecule has 0 saturated carbocycles. The average molecular weight is 883 g/mol. The third-order valence-electron chi connectivity index (χ3n) is 11.5. The molecule has 1 aromatic heterocycles. The summed E-state index contributed by atoms with van der Waals surface area (Å²) >= 11 is 0. The van der Waals surface area contributed by atoms with Gasteiger partial charge >= 0.3 is 6.18 Å². The minimum absolute atomic E-state index is 0. The van der Waals surface area contributed by atoms with E-state index in [1.54, 1.807) is 6.20 Å². The fourth-order valence-electron chi connectivity index (χ4n) is 8.54. The minimum Gasteiger partial charge on any atom is -0.512 e.